The third kappa shape index (κ3) is 2.84. The zero-order valence-corrected chi connectivity index (χ0v) is 10.2. The number of aromatic nitrogens is 1. The lowest BCUT2D eigenvalue weighted by atomic mass is 10.2. The second kappa shape index (κ2) is 5.29. The molecule has 1 aromatic carbocycles. The predicted molar refractivity (Wildman–Crippen MR) is 68.0 cm³/mol. The van der Waals surface area contributed by atoms with Crippen molar-refractivity contribution < 1.29 is 4.79 Å². The fraction of sp³-hybridized carbons (Fsp3) is 0.0833. The Hall–Kier alpha value is -2.39. The van der Waals surface area contributed by atoms with Crippen LogP contribution in [0.4, 0.5) is 5.69 Å². The zero-order valence-electron chi connectivity index (χ0n) is 9.38. The van der Waals surface area contributed by atoms with Crippen LogP contribution in [0.2, 0.25) is 0 Å². The number of rotatable bonds is 3. The molecule has 2 aromatic rings. The molecular formula is C12H10N4OS. The SMILES string of the molecule is N#Cc1cccc(NC(=O)Cn2ccsc2=N)c1. The average molecular weight is 258 g/mol. The lowest BCUT2D eigenvalue weighted by molar-refractivity contribution is -0.116. The van der Waals surface area contributed by atoms with Crippen molar-refractivity contribution in [2.75, 3.05) is 5.32 Å². The van der Waals surface area contributed by atoms with Crippen LogP contribution in [-0.4, -0.2) is 10.5 Å². The summed E-state index contributed by atoms with van der Waals surface area (Å²) in [5.41, 5.74) is 1.08. The maximum absolute atomic E-state index is 11.7. The van der Waals surface area contributed by atoms with E-state index in [-0.39, 0.29) is 12.5 Å². The van der Waals surface area contributed by atoms with Gasteiger partial charge in [-0.3, -0.25) is 10.2 Å². The minimum atomic E-state index is -0.220. The van der Waals surface area contributed by atoms with Crippen LogP contribution in [0.5, 0.6) is 0 Å². The highest BCUT2D eigenvalue weighted by atomic mass is 32.1. The molecule has 0 spiro atoms. The predicted octanol–water partition coefficient (Wildman–Crippen LogP) is 1.54. The smallest absolute Gasteiger partial charge is 0.244 e. The molecule has 0 aliphatic heterocycles. The molecule has 0 saturated carbocycles. The fourth-order valence-corrected chi connectivity index (χ4v) is 2.05. The van der Waals surface area contributed by atoms with E-state index in [1.807, 2.05) is 6.07 Å². The summed E-state index contributed by atoms with van der Waals surface area (Å²) in [5.74, 6) is -0.220. The molecule has 6 heteroatoms. The van der Waals surface area contributed by atoms with E-state index >= 15 is 0 Å². The van der Waals surface area contributed by atoms with Gasteiger partial charge in [-0.25, -0.2) is 0 Å². The van der Waals surface area contributed by atoms with Gasteiger partial charge in [0.2, 0.25) is 5.91 Å². The van der Waals surface area contributed by atoms with Gasteiger partial charge in [-0.15, -0.1) is 11.3 Å². The molecule has 1 amide bonds. The lowest BCUT2D eigenvalue weighted by Gasteiger charge is -2.05. The summed E-state index contributed by atoms with van der Waals surface area (Å²) in [6.45, 7) is 0.0963. The molecule has 0 bridgehead atoms. The van der Waals surface area contributed by atoms with E-state index < -0.39 is 0 Å². The Labute approximate surface area is 107 Å². The first kappa shape index (κ1) is 12.1. The first-order chi connectivity index (χ1) is 8.69. The second-order valence-corrected chi connectivity index (χ2v) is 4.47. The van der Waals surface area contributed by atoms with E-state index in [1.54, 1.807) is 40.4 Å². The maximum Gasteiger partial charge on any atom is 0.244 e. The lowest BCUT2D eigenvalue weighted by Crippen LogP contribution is -2.23. The molecule has 0 radical (unpaired) electrons. The number of benzene rings is 1. The third-order valence-electron chi connectivity index (χ3n) is 2.27. The molecule has 18 heavy (non-hydrogen) atoms. The summed E-state index contributed by atoms with van der Waals surface area (Å²) in [6.07, 6.45) is 1.69. The Morgan fingerprint density at radius 3 is 3.06 bits per heavy atom. The Morgan fingerprint density at radius 2 is 2.39 bits per heavy atom. The van der Waals surface area contributed by atoms with Crippen LogP contribution < -0.4 is 10.1 Å². The molecule has 0 fully saturated rings. The molecule has 0 aliphatic rings. The van der Waals surface area contributed by atoms with Gasteiger partial charge in [0.05, 0.1) is 11.6 Å². The monoisotopic (exact) mass is 258 g/mol. The van der Waals surface area contributed by atoms with Crippen LogP contribution in [0.25, 0.3) is 0 Å². The molecule has 0 atom stereocenters. The Kier molecular flexibility index (Phi) is 3.55. The number of carbonyl (C=O) groups is 1. The van der Waals surface area contributed by atoms with Crippen LogP contribution in [0.15, 0.2) is 35.8 Å². The van der Waals surface area contributed by atoms with Gasteiger partial charge in [0, 0.05) is 17.3 Å². The standard InChI is InChI=1S/C12H10N4OS/c13-7-9-2-1-3-10(6-9)15-11(17)8-16-4-5-18-12(16)14/h1-6,14H,8H2,(H,15,17). The van der Waals surface area contributed by atoms with Crippen LogP contribution in [0, 0.1) is 16.7 Å². The number of thiazole rings is 1. The van der Waals surface area contributed by atoms with Crippen molar-refractivity contribution in [2.24, 2.45) is 0 Å². The van der Waals surface area contributed by atoms with Crippen LogP contribution >= 0.6 is 11.3 Å². The van der Waals surface area contributed by atoms with Crippen molar-refractivity contribution in [3.8, 4) is 6.07 Å². The summed E-state index contributed by atoms with van der Waals surface area (Å²) in [6, 6.07) is 8.72. The van der Waals surface area contributed by atoms with Gasteiger partial charge in [0.15, 0.2) is 4.80 Å². The molecule has 2 rings (SSSR count). The van der Waals surface area contributed by atoms with E-state index in [0.29, 0.717) is 16.1 Å². The highest BCUT2D eigenvalue weighted by Gasteiger charge is 2.04. The average Bonchev–Trinajstić information content (AvgIpc) is 2.75. The number of hydrogen-bond acceptors (Lipinski definition) is 4. The molecule has 1 aromatic heterocycles. The number of hydrogen-bond donors (Lipinski definition) is 2. The van der Waals surface area contributed by atoms with Crippen molar-refractivity contribution >= 4 is 22.9 Å². The number of anilines is 1. The minimum Gasteiger partial charge on any atom is -0.324 e. The Bertz CT molecular complexity index is 665. The number of carbonyl (C=O) groups excluding carboxylic acids is 1. The third-order valence-corrected chi connectivity index (χ3v) is 2.99. The zero-order chi connectivity index (χ0) is 13.0. The van der Waals surface area contributed by atoms with Crippen molar-refractivity contribution in [1.82, 2.24) is 4.57 Å². The van der Waals surface area contributed by atoms with Gasteiger partial charge in [0.25, 0.3) is 0 Å². The summed E-state index contributed by atoms with van der Waals surface area (Å²) >= 11 is 1.27. The van der Waals surface area contributed by atoms with Crippen LogP contribution in [0.3, 0.4) is 0 Å². The first-order valence-electron chi connectivity index (χ1n) is 5.17. The highest BCUT2D eigenvalue weighted by Crippen LogP contribution is 2.09. The molecule has 90 valence electrons. The van der Waals surface area contributed by atoms with Crippen molar-refractivity contribution in [3.05, 3.63) is 46.2 Å². The number of nitrogens with one attached hydrogen (secondary N) is 2. The largest absolute Gasteiger partial charge is 0.324 e. The van der Waals surface area contributed by atoms with Crippen molar-refractivity contribution in [3.63, 3.8) is 0 Å². The van der Waals surface area contributed by atoms with Crippen molar-refractivity contribution in [1.29, 1.82) is 10.7 Å². The molecule has 0 saturated heterocycles. The molecular weight excluding hydrogens is 248 g/mol. The summed E-state index contributed by atoms with van der Waals surface area (Å²) in [7, 11) is 0. The van der Waals surface area contributed by atoms with E-state index in [2.05, 4.69) is 5.32 Å². The molecule has 0 unspecified atom stereocenters. The van der Waals surface area contributed by atoms with Gasteiger partial charge in [-0.2, -0.15) is 5.26 Å². The van der Waals surface area contributed by atoms with Crippen molar-refractivity contribution in [2.45, 2.75) is 6.54 Å². The van der Waals surface area contributed by atoms with E-state index in [1.165, 1.54) is 11.3 Å². The molecule has 1 heterocycles. The number of nitrogens with zero attached hydrogens (tertiary/aromatic N) is 2. The number of nitriles is 1. The number of amides is 1. The van der Waals surface area contributed by atoms with Gasteiger partial charge < -0.3 is 9.88 Å². The van der Waals surface area contributed by atoms with Crippen LogP contribution in [-0.2, 0) is 11.3 Å². The van der Waals surface area contributed by atoms with Crippen LogP contribution in [0.1, 0.15) is 5.56 Å². The van der Waals surface area contributed by atoms with E-state index in [0.717, 1.165) is 0 Å². The second-order valence-electron chi connectivity index (χ2n) is 3.58. The maximum atomic E-state index is 11.7. The normalized spacial score (nSPS) is 9.72. The summed E-state index contributed by atoms with van der Waals surface area (Å²) < 4.78 is 1.55. The minimum absolute atomic E-state index is 0.0963. The molecule has 5 nitrogen and oxygen atoms in total. The van der Waals surface area contributed by atoms with Gasteiger partial charge in [0.1, 0.15) is 6.54 Å². The molecule has 0 aliphatic carbocycles. The Balaban J connectivity index is 2.06. The van der Waals surface area contributed by atoms with E-state index in [9.17, 15) is 4.79 Å². The highest BCUT2D eigenvalue weighted by molar-refractivity contribution is 7.06. The Morgan fingerprint density at radius 1 is 1.56 bits per heavy atom. The topological polar surface area (TPSA) is 81.7 Å². The van der Waals surface area contributed by atoms with Gasteiger partial charge in [-0.1, -0.05) is 6.07 Å². The summed E-state index contributed by atoms with van der Waals surface area (Å²) in [4.78, 5) is 12.1. The first-order valence-corrected chi connectivity index (χ1v) is 6.05. The van der Waals surface area contributed by atoms with Gasteiger partial charge >= 0.3 is 0 Å². The quantitative estimate of drug-likeness (QED) is 0.875. The van der Waals surface area contributed by atoms with Gasteiger partial charge in [-0.05, 0) is 18.2 Å². The van der Waals surface area contributed by atoms with E-state index in [4.69, 9.17) is 10.7 Å². The summed E-state index contributed by atoms with van der Waals surface area (Å²) in [5, 5.41) is 20.7. The fourth-order valence-electron chi connectivity index (χ4n) is 1.45. The molecule has 2 N–H and O–H groups in total.